The number of thiazole rings is 1. The minimum atomic E-state index is -0.0555. The van der Waals surface area contributed by atoms with Crippen molar-refractivity contribution in [3.8, 4) is 5.75 Å². The third-order valence-corrected chi connectivity index (χ3v) is 10.2. The third-order valence-electron chi connectivity index (χ3n) is 9.20. The Morgan fingerprint density at radius 3 is 2.58 bits per heavy atom. The standard InChI is InChI=1S/C33H34N2O2S/c36-32(35-16-6-7-17-35)19-24-13-15-27(37-22-31-34-29-10-4-5-11-30(29)38-31)20-28(24)33(25-8-2-1-3-9-25)21-23-12-14-26(33)18-23/h1-5,8-11,13,15,20,23,26H,6-7,12,14,16-19,21-22H2. The molecule has 194 valence electrons. The van der Waals surface area contributed by atoms with E-state index in [-0.39, 0.29) is 11.3 Å². The largest absolute Gasteiger partial charge is 0.486 e. The van der Waals surface area contributed by atoms with Crippen LogP contribution in [-0.2, 0) is 23.2 Å². The summed E-state index contributed by atoms with van der Waals surface area (Å²) in [6.45, 7) is 2.24. The lowest BCUT2D eigenvalue weighted by atomic mass is 9.63. The van der Waals surface area contributed by atoms with Gasteiger partial charge in [0.05, 0.1) is 16.6 Å². The van der Waals surface area contributed by atoms with Gasteiger partial charge in [0, 0.05) is 18.5 Å². The second kappa shape index (κ2) is 9.85. The zero-order chi connectivity index (χ0) is 25.5. The number of amides is 1. The molecule has 38 heavy (non-hydrogen) atoms. The Bertz CT molecular complexity index is 1430. The fourth-order valence-corrected chi connectivity index (χ4v) is 8.37. The van der Waals surface area contributed by atoms with Crippen molar-refractivity contribution in [1.82, 2.24) is 9.88 Å². The highest BCUT2D eigenvalue weighted by Gasteiger charge is 2.53. The molecule has 0 N–H and O–H groups in total. The number of benzene rings is 3. The van der Waals surface area contributed by atoms with E-state index in [1.54, 1.807) is 11.3 Å². The number of carbonyl (C=O) groups excluding carboxylic acids is 1. The summed E-state index contributed by atoms with van der Waals surface area (Å²) in [6.07, 6.45) is 7.74. The predicted molar refractivity (Wildman–Crippen MR) is 153 cm³/mol. The molecule has 2 aliphatic carbocycles. The van der Waals surface area contributed by atoms with Crippen LogP contribution in [0.1, 0.15) is 60.2 Å². The van der Waals surface area contributed by atoms with Crippen LogP contribution in [0, 0.1) is 11.8 Å². The number of rotatable bonds is 7. The molecule has 5 heteroatoms. The van der Waals surface area contributed by atoms with E-state index in [1.165, 1.54) is 40.7 Å². The quantitative estimate of drug-likeness (QED) is 0.259. The summed E-state index contributed by atoms with van der Waals surface area (Å²) in [4.78, 5) is 20.2. The molecule has 1 aliphatic heterocycles. The molecule has 2 saturated carbocycles. The summed E-state index contributed by atoms with van der Waals surface area (Å²) in [6, 6.07) is 25.8. The average Bonchev–Trinajstić information content (AvgIpc) is 3.77. The molecule has 7 rings (SSSR count). The van der Waals surface area contributed by atoms with Gasteiger partial charge in [-0.25, -0.2) is 4.98 Å². The van der Waals surface area contributed by atoms with Crippen molar-refractivity contribution in [2.75, 3.05) is 13.1 Å². The molecule has 3 fully saturated rings. The Morgan fingerprint density at radius 1 is 1.00 bits per heavy atom. The van der Waals surface area contributed by atoms with Gasteiger partial charge in [-0.3, -0.25) is 4.79 Å². The Kier molecular flexibility index (Phi) is 6.19. The van der Waals surface area contributed by atoms with E-state index in [2.05, 4.69) is 71.6 Å². The molecule has 3 aliphatic rings. The van der Waals surface area contributed by atoms with Gasteiger partial charge >= 0.3 is 0 Å². The Balaban J connectivity index is 1.26. The molecule has 0 spiro atoms. The first kappa shape index (κ1) is 23.9. The number of fused-ring (bicyclic) bond motifs is 3. The number of aromatic nitrogens is 1. The van der Waals surface area contributed by atoms with Crippen LogP contribution in [0.15, 0.2) is 72.8 Å². The molecule has 1 amide bonds. The Morgan fingerprint density at radius 2 is 1.82 bits per heavy atom. The minimum absolute atomic E-state index is 0.0555. The van der Waals surface area contributed by atoms with E-state index in [9.17, 15) is 4.79 Å². The summed E-state index contributed by atoms with van der Waals surface area (Å²) in [5, 5.41) is 0.985. The number of ether oxygens (including phenoxy) is 1. The molecular formula is C33H34N2O2S. The topological polar surface area (TPSA) is 42.4 Å². The summed E-state index contributed by atoms with van der Waals surface area (Å²) in [7, 11) is 0. The molecule has 1 aromatic heterocycles. The summed E-state index contributed by atoms with van der Waals surface area (Å²) in [5.41, 5.74) is 4.85. The Hall–Kier alpha value is -3.18. The molecule has 4 nitrogen and oxygen atoms in total. The minimum Gasteiger partial charge on any atom is -0.486 e. The molecule has 3 unspecified atom stereocenters. The first-order chi connectivity index (χ1) is 18.7. The predicted octanol–water partition coefficient (Wildman–Crippen LogP) is 7.15. The smallest absolute Gasteiger partial charge is 0.227 e. The lowest BCUT2D eigenvalue weighted by Gasteiger charge is -2.40. The lowest BCUT2D eigenvalue weighted by Crippen LogP contribution is -2.36. The second-order valence-corrected chi connectivity index (χ2v) is 12.5. The van der Waals surface area contributed by atoms with E-state index < -0.39 is 0 Å². The van der Waals surface area contributed by atoms with Crippen molar-refractivity contribution in [3.05, 3.63) is 94.5 Å². The van der Waals surface area contributed by atoms with Gasteiger partial charge in [-0.05, 0) is 84.9 Å². The van der Waals surface area contributed by atoms with Gasteiger partial charge in [0.2, 0.25) is 5.91 Å². The van der Waals surface area contributed by atoms with Crippen molar-refractivity contribution >= 4 is 27.5 Å². The first-order valence-corrected chi connectivity index (χ1v) is 14.9. The number of nitrogens with zero attached hydrogens (tertiary/aromatic N) is 2. The van der Waals surface area contributed by atoms with Crippen LogP contribution >= 0.6 is 11.3 Å². The summed E-state index contributed by atoms with van der Waals surface area (Å²) < 4.78 is 7.58. The van der Waals surface area contributed by atoms with Gasteiger partial charge in [-0.1, -0.05) is 55.0 Å². The number of hydrogen-bond donors (Lipinski definition) is 0. The maximum atomic E-state index is 13.4. The molecule has 2 bridgehead atoms. The van der Waals surface area contributed by atoms with E-state index in [0.717, 1.165) is 54.5 Å². The van der Waals surface area contributed by atoms with Crippen LogP contribution < -0.4 is 4.74 Å². The molecule has 1 saturated heterocycles. The van der Waals surface area contributed by atoms with E-state index in [1.807, 2.05) is 6.07 Å². The number of hydrogen-bond acceptors (Lipinski definition) is 4. The van der Waals surface area contributed by atoms with Crippen molar-refractivity contribution in [1.29, 1.82) is 0 Å². The van der Waals surface area contributed by atoms with Crippen LogP contribution in [0.2, 0.25) is 0 Å². The average molecular weight is 523 g/mol. The van der Waals surface area contributed by atoms with Gasteiger partial charge in [0.1, 0.15) is 17.4 Å². The zero-order valence-corrected chi connectivity index (χ0v) is 22.6. The molecule has 3 aromatic carbocycles. The van der Waals surface area contributed by atoms with Crippen molar-refractivity contribution in [2.24, 2.45) is 11.8 Å². The monoisotopic (exact) mass is 522 g/mol. The fraction of sp³-hybridized carbons (Fsp3) is 0.394. The Labute approximate surface area is 228 Å². The molecule has 2 heterocycles. The highest BCUT2D eigenvalue weighted by atomic mass is 32.1. The molecule has 4 aromatic rings. The van der Waals surface area contributed by atoms with Crippen molar-refractivity contribution in [2.45, 2.75) is 57.0 Å². The molecule has 0 radical (unpaired) electrons. The van der Waals surface area contributed by atoms with Gasteiger partial charge in [-0.2, -0.15) is 0 Å². The highest BCUT2D eigenvalue weighted by Crippen LogP contribution is 2.60. The first-order valence-electron chi connectivity index (χ1n) is 14.1. The van der Waals surface area contributed by atoms with Crippen LogP contribution in [-0.4, -0.2) is 28.9 Å². The van der Waals surface area contributed by atoms with Crippen LogP contribution in [0.5, 0.6) is 5.75 Å². The molecular weight excluding hydrogens is 488 g/mol. The van der Waals surface area contributed by atoms with Gasteiger partial charge in [-0.15, -0.1) is 11.3 Å². The van der Waals surface area contributed by atoms with E-state index >= 15 is 0 Å². The van der Waals surface area contributed by atoms with E-state index in [0.29, 0.717) is 18.9 Å². The van der Waals surface area contributed by atoms with Gasteiger partial charge < -0.3 is 9.64 Å². The SMILES string of the molecule is O=C(Cc1ccc(OCc2nc3ccccc3s2)cc1C1(c2ccccc2)CC2CCC1C2)N1CCCC1. The highest BCUT2D eigenvalue weighted by molar-refractivity contribution is 7.18. The van der Waals surface area contributed by atoms with Crippen LogP contribution in [0.25, 0.3) is 10.2 Å². The zero-order valence-electron chi connectivity index (χ0n) is 21.8. The van der Waals surface area contributed by atoms with Crippen LogP contribution in [0.4, 0.5) is 0 Å². The normalized spacial score (nSPS) is 24.4. The third kappa shape index (κ3) is 4.21. The van der Waals surface area contributed by atoms with Gasteiger partial charge in [0.25, 0.3) is 0 Å². The van der Waals surface area contributed by atoms with Crippen LogP contribution in [0.3, 0.4) is 0 Å². The summed E-state index contributed by atoms with van der Waals surface area (Å²) in [5.74, 6) is 2.50. The fourth-order valence-electron chi connectivity index (χ4n) is 7.49. The van der Waals surface area contributed by atoms with Crippen molar-refractivity contribution < 1.29 is 9.53 Å². The number of likely N-dealkylation sites (tertiary alicyclic amines) is 1. The summed E-state index contributed by atoms with van der Waals surface area (Å²) >= 11 is 1.69. The lowest BCUT2D eigenvalue weighted by molar-refractivity contribution is -0.129. The van der Waals surface area contributed by atoms with Gasteiger partial charge in [0.15, 0.2) is 0 Å². The second-order valence-electron chi connectivity index (χ2n) is 11.4. The van der Waals surface area contributed by atoms with Crippen molar-refractivity contribution in [3.63, 3.8) is 0 Å². The number of para-hydroxylation sites is 1. The molecule has 3 atom stereocenters. The number of carbonyl (C=O) groups is 1. The maximum Gasteiger partial charge on any atom is 0.227 e. The van der Waals surface area contributed by atoms with E-state index in [4.69, 9.17) is 9.72 Å². The maximum absolute atomic E-state index is 13.4.